The standard InChI is InChI=1S/C14H16N2/c1-2-10-3-5-11(6-4-10)13-9-12(15)7-8-14(13)16/h3-9H,2,15-16H2,1H3. The Morgan fingerprint density at radius 1 is 0.938 bits per heavy atom. The Kier molecular flexibility index (Phi) is 2.82. The van der Waals surface area contributed by atoms with Crippen LogP contribution in [0, 0.1) is 0 Å². The Balaban J connectivity index is 2.45. The van der Waals surface area contributed by atoms with Crippen molar-refractivity contribution in [2.45, 2.75) is 13.3 Å². The topological polar surface area (TPSA) is 52.0 Å². The fourth-order valence-corrected chi connectivity index (χ4v) is 1.74. The van der Waals surface area contributed by atoms with Crippen molar-refractivity contribution >= 4 is 11.4 Å². The molecule has 2 aromatic rings. The van der Waals surface area contributed by atoms with Gasteiger partial charge in [-0.1, -0.05) is 31.2 Å². The fraction of sp³-hybridized carbons (Fsp3) is 0.143. The molecule has 0 aliphatic rings. The average Bonchev–Trinajstić information content (AvgIpc) is 2.32. The summed E-state index contributed by atoms with van der Waals surface area (Å²) in [5, 5.41) is 0. The number of aryl methyl sites for hydroxylation is 1. The maximum atomic E-state index is 5.94. The molecule has 0 atom stereocenters. The van der Waals surface area contributed by atoms with Crippen molar-refractivity contribution in [1.29, 1.82) is 0 Å². The zero-order valence-electron chi connectivity index (χ0n) is 9.40. The van der Waals surface area contributed by atoms with Gasteiger partial charge in [-0.3, -0.25) is 0 Å². The molecular formula is C14H16N2. The van der Waals surface area contributed by atoms with Crippen LogP contribution < -0.4 is 11.5 Å². The van der Waals surface area contributed by atoms with Crippen molar-refractivity contribution in [2.75, 3.05) is 11.5 Å². The van der Waals surface area contributed by atoms with Gasteiger partial charge in [-0.2, -0.15) is 0 Å². The summed E-state index contributed by atoms with van der Waals surface area (Å²) in [7, 11) is 0. The number of hydrogen-bond acceptors (Lipinski definition) is 2. The van der Waals surface area contributed by atoms with Crippen LogP contribution in [0.25, 0.3) is 11.1 Å². The van der Waals surface area contributed by atoms with Crippen LogP contribution in [-0.2, 0) is 6.42 Å². The molecule has 4 N–H and O–H groups in total. The van der Waals surface area contributed by atoms with Gasteiger partial charge in [0.2, 0.25) is 0 Å². The zero-order chi connectivity index (χ0) is 11.5. The fourth-order valence-electron chi connectivity index (χ4n) is 1.74. The van der Waals surface area contributed by atoms with Crippen molar-refractivity contribution in [3.05, 3.63) is 48.0 Å². The molecule has 2 aromatic carbocycles. The third-order valence-electron chi connectivity index (χ3n) is 2.75. The van der Waals surface area contributed by atoms with Crippen molar-refractivity contribution in [2.24, 2.45) is 0 Å². The second-order valence-electron chi connectivity index (χ2n) is 3.90. The third-order valence-corrected chi connectivity index (χ3v) is 2.75. The molecule has 0 amide bonds. The molecule has 0 saturated carbocycles. The van der Waals surface area contributed by atoms with Crippen LogP contribution in [0.4, 0.5) is 11.4 Å². The van der Waals surface area contributed by atoms with Gasteiger partial charge < -0.3 is 11.5 Å². The molecule has 16 heavy (non-hydrogen) atoms. The van der Waals surface area contributed by atoms with Crippen LogP contribution in [0.2, 0.25) is 0 Å². The second-order valence-corrected chi connectivity index (χ2v) is 3.90. The number of hydrogen-bond donors (Lipinski definition) is 2. The van der Waals surface area contributed by atoms with E-state index in [2.05, 4.69) is 31.2 Å². The Bertz CT molecular complexity index is 487. The Labute approximate surface area is 95.9 Å². The van der Waals surface area contributed by atoms with Gasteiger partial charge in [-0.25, -0.2) is 0 Å². The number of benzene rings is 2. The monoisotopic (exact) mass is 212 g/mol. The Hall–Kier alpha value is -1.96. The second kappa shape index (κ2) is 4.27. The van der Waals surface area contributed by atoms with Gasteiger partial charge in [0.1, 0.15) is 0 Å². The van der Waals surface area contributed by atoms with Gasteiger partial charge in [-0.15, -0.1) is 0 Å². The van der Waals surface area contributed by atoms with Crippen molar-refractivity contribution < 1.29 is 0 Å². The minimum atomic E-state index is 0.740. The summed E-state index contributed by atoms with van der Waals surface area (Å²) in [4.78, 5) is 0. The van der Waals surface area contributed by atoms with E-state index in [4.69, 9.17) is 11.5 Å². The first-order valence-corrected chi connectivity index (χ1v) is 5.45. The van der Waals surface area contributed by atoms with E-state index >= 15 is 0 Å². The van der Waals surface area contributed by atoms with Gasteiger partial charge in [0.15, 0.2) is 0 Å². The molecule has 0 aromatic heterocycles. The molecule has 82 valence electrons. The van der Waals surface area contributed by atoms with Crippen LogP contribution in [0.5, 0.6) is 0 Å². The zero-order valence-corrected chi connectivity index (χ0v) is 9.40. The average molecular weight is 212 g/mol. The predicted octanol–water partition coefficient (Wildman–Crippen LogP) is 3.08. The SMILES string of the molecule is CCc1ccc(-c2cc(N)ccc2N)cc1. The molecule has 0 radical (unpaired) electrons. The van der Waals surface area contributed by atoms with Crippen molar-refractivity contribution in [3.63, 3.8) is 0 Å². The van der Waals surface area contributed by atoms with Crippen LogP contribution in [-0.4, -0.2) is 0 Å². The van der Waals surface area contributed by atoms with Gasteiger partial charge >= 0.3 is 0 Å². The highest BCUT2D eigenvalue weighted by atomic mass is 14.6. The number of anilines is 2. The lowest BCUT2D eigenvalue weighted by molar-refractivity contribution is 1.14. The van der Waals surface area contributed by atoms with Gasteiger partial charge in [0.25, 0.3) is 0 Å². The lowest BCUT2D eigenvalue weighted by atomic mass is 10.0. The minimum Gasteiger partial charge on any atom is -0.399 e. The van der Waals surface area contributed by atoms with E-state index in [9.17, 15) is 0 Å². The van der Waals surface area contributed by atoms with Crippen molar-refractivity contribution in [1.82, 2.24) is 0 Å². The molecule has 0 spiro atoms. The van der Waals surface area contributed by atoms with E-state index in [1.807, 2.05) is 18.2 Å². The van der Waals surface area contributed by atoms with Gasteiger partial charge in [0.05, 0.1) is 0 Å². The molecule has 0 fully saturated rings. The minimum absolute atomic E-state index is 0.740. The first kappa shape index (κ1) is 10.6. The highest BCUT2D eigenvalue weighted by Crippen LogP contribution is 2.28. The summed E-state index contributed by atoms with van der Waals surface area (Å²) in [6.07, 6.45) is 1.05. The Morgan fingerprint density at radius 2 is 1.62 bits per heavy atom. The lowest BCUT2D eigenvalue weighted by Gasteiger charge is -2.07. The normalized spacial score (nSPS) is 10.3. The van der Waals surface area contributed by atoms with E-state index in [0.717, 1.165) is 28.9 Å². The van der Waals surface area contributed by atoms with E-state index < -0.39 is 0 Å². The summed E-state index contributed by atoms with van der Waals surface area (Å²) < 4.78 is 0. The quantitative estimate of drug-likeness (QED) is 0.751. The summed E-state index contributed by atoms with van der Waals surface area (Å²) in [6, 6.07) is 14.0. The van der Waals surface area contributed by atoms with E-state index in [1.165, 1.54) is 5.56 Å². The lowest BCUT2D eigenvalue weighted by Crippen LogP contribution is -1.93. The number of nitrogen functional groups attached to an aromatic ring is 2. The number of rotatable bonds is 2. The highest BCUT2D eigenvalue weighted by molar-refractivity contribution is 5.79. The first-order valence-electron chi connectivity index (χ1n) is 5.45. The first-order chi connectivity index (χ1) is 7.70. The molecule has 0 bridgehead atoms. The molecule has 0 aliphatic carbocycles. The van der Waals surface area contributed by atoms with Crippen LogP contribution in [0.15, 0.2) is 42.5 Å². The van der Waals surface area contributed by atoms with E-state index in [0.29, 0.717) is 0 Å². The van der Waals surface area contributed by atoms with Crippen LogP contribution in [0.3, 0.4) is 0 Å². The molecule has 0 heterocycles. The molecule has 2 rings (SSSR count). The Morgan fingerprint density at radius 3 is 2.25 bits per heavy atom. The van der Waals surface area contributed by atoms with Gasteiger partial charge in [0, 0.05) is 16.9 Å². The molecule has 2 nitrogen and oxygen atoms in total. The van der Waals surface area contributed by atoms with Crippen LogP contribution >= 0.6 is 0 Å². The molecule has 0 saturated heterocycles. The maximum Gasteiger partial charge on any atom is 0.0395 e. The molecular weight excluding hydrogens is 196 g/mol. The number of nitrogens with two attached hydrogens (primary N) is 2. The van der Waals surface area contributed by atoms with Crippen LogP contribution in [0.1, 0.15) is 12.5 Å². The summed E-state index contributed by atoms with van der Waals surface area (Å²) in [6.45, 7) is 2.14. The van der Waals surface area contributed by atoms with E-state index in [-0.39, 0.29) is 0 Å². The summed E-state index contributed by atoms with van der Waals surface area (Å²) in [5.41, 5.74) is 16.6. The molecule has 2 heteroatoms. The van der Waals surface area contributed by atoms with Gasteiger partial charge in [-0.05, 0) is 35.7 Å². The summed E-state index contributed by atoms with van der Waals surface area (Å²) in [5.74, 6) is 0. The molecule has 0 unspecified atom stereocenters. The maximum absolute atomic E-state index is 5.94. The third kappa shape index (κ3) is 2.01. The predicted molar refractivity (Wildman–Crippen MR) is 70.1 cm³/mol. The largest absolute Gasteiger partial charge is 0.399 e. The molecule has 0 aliphatic heterocycles. The summed E-state index contributed by atoms with van der Waals surface area (Å²) >= 11 is 0. The van der Waals surface area contributed by atoms with Crippen molar-refractivity contribution in [3.8, 4) is 11.1 Å². The smallest absolute Gasteiger partial charge is 0.0395 e. The highest BCUT2D eigenvalue weighted by Gasteiger charge is 2.02. The van der Waals surface area contributed by atoms with E-state index in [1.54, 1.807) is 0 Å².